The highest BCUT2D eigenvalue weighted by atomic mass is 32.2. The third-order valence-electron chi connectivity index (χ3n) is 4.04. The van der Waals surface area contributed by atoms with E-state index in [-0.39, 0.29) is 17.4 Å². The van der Waals surface area contributed by atoms with E-state index in [2.05, 4.69) is 20.9 Å². The Bertz CT molecular complexity index is 881. The van der Waals surface area contributed by atoms with Crippen LogP contribution in [0.5, 0.6) is 0 Å². The lowest BCUT2D eigenvalue weighted by atomic mass is 10.1. The van der Waals surface area contributed by atoms with Gasteiger partial charge in [-0.1, -0.05) is 18.2 Å². The molecule has 1 atom stereocenters. The van der Waals surface area contributed by atoms with E-state index in [1.165, 1.54) is 0 Å². The zero-order chi connectivity index (χ0) is 18.4. The summed E-state index contributed by atoms with van der Waals surface area (Å²) >= 11 is 5.26. The molecule has 0 aliphatic carbocycles. The lowest BCUT2D eigenvalue weighted by Gasteiger charge is -2.13. The first-order valence-electron chi connectivity index (χ1n) is 8.32. The fraction of sp³-hybridized carbons (Fsp3) is 0.278. The molecule has 2 aromatic carbocycles. The Morgan fingerprint density at radius 2 is 1.69 bits per heavy atom. The summed E-state index contributed by atoms with van der Waals surface area (Å²) in [6.45, 7) is 0.564. The summed E-state index contributed by atoms with van der Waals surface area (Å²) in [5.41, 5.74) is 2.38. The predicted molar refractivity (Wildman–Crippen MR) is 108 cm³/mol. The zero-order valence-corrected chi connectivity index (χ0v) is 15.8. The van der Waals surface area contributed by atoms with Gasteiger partial charge in [0.05, 0.1) is 22.9 Å². The molecule has 0 saturated carbocycles. The molecule has 0 amide bonds. The van der Waals surface area contributed by atoms with Crippen molar-refractivity contribution in [3.63, 3.8) is 0 Å². The lowest BCUT2D eigenvalue weighted by molar-refractivity contribution is 0.574. The third kappa shape index (κ3) is 5.60. The van der Waals surface area contributed by atoms with E-state index in [0.29, 0.717) is 18.1 Å². The fourth-order valence-corrected chi connectivity index (χ4v) is 4.73. The maximum absolute atomic E-state index is 11.5. The second-order valence-electron chi connectivity index (χ2n) is 6.19. The first kappa shape index (κ1) is 18.5. The molecule has 0 spiro atoms. The molecule has 1 saturated heterocycles. The highest BCUT2D eigenvalue weighted by Gasteiger charge is 2.27. The van der Waals surface area contributed by atoms with Crippen LogP contribution in [0.15, 0.2) is 64.8 Å². The first-order chi connectivity index (χ1) is 12.5. The molecule has 0 radical (unpaired) electrons. The Kier molecular flexibility index (Phi) is 5.95. The maximum Gasteiger partial charge on any atom is 0.170 e. The number of thiocarbonyl (C=S) groups is 1. The van der Waals surface area contributed by atoms with Crippen LogP contribution in [-0.2, 0) is 9.84 Å². The lowest BCUT2D eigenvalue weighted by Crippen LogP contribution is -2.33. The number of azo groups is 1. The van der Waals surface area contributed by atoms with E-state index in [4.69, 9.17) is 12.2 Å². The molecule has 26 heavy (non-hydrogen) atoms. The first-order valence-corrected chi connectivity index (χ1v) is 10.6. The predicted octanol–water partition coefficient (Wildman–Crippen LogP) is 3.82. The molecule has 1 unspecified atom stereocenters. The van der Waals surface area contributed by atoms with Crippen molar-refractivity contribution in [2.45, 2.75) is 6.42 Å². The van der Waals surface area contributed by atoms with Crippen LogP contribution < -0.4 is 10.6 Å². The molecule has 136 valence electrons. The molecule has 8 heteroatoms. The van der Waals surface area contributed by atoms with Crippen molar-refractivity contribution in [1.82, 2.24) is 5.32 Å². The summed E-state index contributed by atoms with van der Waals surface area (Å²) in [7, 11) is -2.86. The molecule has 2 N–H and O–H groups in total. The summed E-state index contributed by atoms with van der Waals surface area (Å²) in [5.74, 6) is 0.642. The Morgan fingerprint density at radius 3 is 2.31 bits per heavy atom. The number of hydrogen-bond donors (Lipinski definition) is 2. The van der Waals surface area contributed by atoms with Crippen molar-refractivity contribution < 1.29 is 8.42 Å². The van der Waals surface area contributed by atoms with Gasteiger partial charge in [-0.15, -0.1) is 0 Å². The minimum absolute atomic E-state index is 0.125. The molecule has 1 aliphatic rings. The van der Waals surface area contributed by atoms with Gasteiger partial charge < -0.3 is 10.6 Å². The summed E-state index contributed by atoms with van der Waals surface area (Å²) < 4.78 is 22.9. The minimum atomic E-state index is -2.86. The van der Waals surface area contributed by atoms with Crippen LogP contribution in [0.1, 0.15) is 6.42 Å². The van der Waals surface area contributed by atoms with E-state index in [0.717, 1.165) is 17.1 Å². The topological polar surface area (TPSA) is 82.9 Å². The Labute approximate surface area is 158 Å². The summed E-state index contributed by atoms with van der Waals surface area (Å²) in [6.07, 6.45) is 0.694. The van der Waals surface area contributed by atoms with Crippen LogP contribution in [0.3, 0.4) is 0 Å². The number of sulfone groups is 1. The number of anilines is 1. The molecular weight excluding hydrogens is 368 g/mol. The van der Waals surface area contributed by atoms with Crippen LogP contribution in [0.4, 0.5) is 17.1 Å². The Morgan fingerprint density at radius 1 is 1.04 bits per heavy atom. The normalized spacial score (nSPS) is 18.7. The van der Waals surface area contributed by atoms with Gasteiger partial charge in [-0.3, -0.25) is 0 Å². The average molecular weight is 389 g/mol. The van der Waals surface area contributed by atoms with Crippen LogP contribution in [0, 0.1) is 5.92 Å². The van der Waals surface area contributed by atoms with Gasteiger partial charge in [-0.2, -0.15) is 10.2 Å². The van der Waals surface area contributed by atoms with Crippen molar-refractivity contribution in [2.24, 2.45) is 16.1 Å². The molecule has 6 nitrogen and oxygen atoms in total. The van der Waals surface area contributed by atoms with Gasteiger partial charge in [-0.05, 0) is 61.0 Å². The van der Waals surface area contributed by atoms with Gasteiger partial charge >= 0.3 is 0 Å². The largest absolute Gasteiger partial charge is 0.362 e. The number of benzene rings is 2. The Balaban J connectivity index is 1.48. The van der Waals surface area contributed by atoms with Gasteiger partial charge in [0.2, 0.25) is 0 Å². The van der Waals surface area contributed by atoms with E-state index in [1.54, 1.807) is 0 Å². The van der Waals surface area contributed by atoms with Crippen LogP contribution in [0.25, 0.3) is 0 Å². The molecule has 2 aromatic rings. The minimum Gasteiger partial charge on any atom is -0.362 e. The molecule has 1 heterocycles. The van der Waals surface area contributed by atoms with Gasteiger partial charge in [-0.25, -0.2) is 8.42 Å². The maximum atomic E-state index is 11.5. The van der Waals surface area contributed by atoms with E-state index < -0.39 is 9.84 Å². The van der Waals surface area contributed by atoms with Crippen molar-refractivity contribution in [1.29, 1.82) is 0 Å². The summed E-state index contributed by atoms with van der Waals surface area (Å²) in [5, 5.41) is 15.0. The molecule has 3 rings (SSSR count). The second kappa shape index (κ2) is 8.37. The number of nitrogens with zero attached hydrogens (tertiary/aromatic N) is 2. The van der Waals surface area contributed by atoms with Gasteiger partial charge in [0.25, 0.3) is 0 Å². The SMILES string of the molecule is O=S1(=O)CCC(CNC(=S)Nc2ccc(N=Nc3ccccc3)cc2)C1. The average Bonchev–Trinajstić information content (AvgIpc) is 2.99. The van der Waals surface area contributed by atoms with E-state index in [1.807, 2.05) is 54.6 Å². The smallest absolute Gasteiger partial charge is 0.170 e. The standard InChI is InChI=1S/C18H20N4O2S2/c23-26(24)11-10-14(13-26)12-19-18(25)20-15-6-8-17(9-7-15)22-21-16-4-2-1-3-5-16/h1-9,14H,10-13H2,(H2,19,20,25). The van der Waals surface area contributed by atoms with Crippen LogP contribution >= 0.6 is 12.2 Å². The van der Waals surface area contributed by atoms with Gasteiger partial charge in [0.15, 0.2) is 14.9 Å². The second-order valence-corrected chi connectivity index (χ2v) is 8.82. The molecule has 0 aromatic heterocycles. The molecule has 1 aliphatic heterocycles. The van der Waals surface area contributed by atoms with Crippen molar-refractivity contribution in [3.05, 3.63) is 54.6 Å². The molecule has 1 fully saturated rings. The fourth-order valence-electron chi connectivity index (χ4n) is 2.67. The van der Waals surface area contributed by atoms with E-state index in [9.17, 15) is 8.42 Å². The molecular formula is C18H20N4O2S2. The van der Waals surface area contributed by atoms with Crippen molar-refractivity contribution in [2.75, 3.05) is 23.4 Å². The highest BCUT2D eigenvalue weighted by molar-refractivity contribution is 7.91. The van der Waals surface area contributed by atoms with Crippen LogP contribution in [-0.4, -0.2) is 31.6 Å². The van der Waals surface area contributed by atoms with Gasteiger partial charge in [0, 0.05) is 12.2 Å². The number of nitrogens with one attached hydrogen (secondary N) is 2. The zero-order valence-electron chi connectivity index (χ0n) is 14.1. The number of rotatable bonds is 5. The highest BCUT2D eigenvalue weighted by Crippen LogP contribution is 2.20. The Hall–Kier alpha value is -2.32. The quantitative estimate of drug-likeness (QED) is 0.601. The monoisotopic (exact) mass is 388 g/mol. The van der Waals surface area contributed by atoms with Crippen LogP contribution in [0.2, 0.25) is 0 Å². The summed E-state index contributed by atoms with van der Waals surface area (Å²) in [4.78, 5) is 0. The summed E-state index contributed by atoms with van der Waals surface area (Å²) in [6, 6.07) is 17.0. The van der Waals surface area contributed by atoms with Gasteiger partial charge in [0.1, 0.15) is 0 Å². The third-order valence-corrected chi connectivity index (χ3v) is 6.12. The van der Waals surface area contributed by atoms with Crippen molar-refractivity contribution >= 4 is 44.2 Å². The van der Waals surface area contributed by atoms with E-state index >= 15 is 0 Å². The molecule has 0 bridgehead atoms. The number of hydrogen-bond acceptors (Lipinski definition) is 5. The van der Waals surface area contributed by atoms with Crippen molar-refractivity contribution in [3.8, 4) is 0 Å².